The molecular formula is C23H32N2O2. The highest BCUT2D eigenvalue weighted by molar-refractivity contribution is 5.93. The first-order chi connectivity index (χ1) is 12.9. The zero-order chi connectivity index (χ0) is 19.2. The third kappa shape index (κ3) is 3.22. The summed E-state index contributed by atoms with van der Waals surface area (Å²) >= 11 is 0. The minimum Gasteiger partial charge on any atom is -0.366 e. The smallest absolute Gasteiger partial charge is 0.248 e. The van der Waals surface area contributed by atoms with E-state index in [9.17, 15) is 9.59 Å². The van der Waals surface area contributed by atoms with Crippen LogP contribution in [0.5, 0.6) is 0 Å². The van der Waals surface area contributed by atoms with Crippen LogP contribution in [0.2, 0.25) is 0 Å². The SMILES string of the molecule is Cc1ccc(C(N)=O)cc1[C@]12CCN(CC3CCC3)[C@H](C)[C@@H]1CCC(=O)C2. The molecule has 1 aliphatic heterocycles. The van der Waals surface area contributed by atoms with Crippen LogP contribution in [0.15, 0.2) is 18.2 Å². The lowest BCUT2D eigenvalue weighted by Crippen LogP contribution is -2.58. The molecule has 4 rings (SSSR count). The van der Waals surface area contributed by atoms with Crippen LogP contribution in [0.25, 0.3) is 0 Å². The number of ketones is 1. The molecule has 1 saturated heterocycles. The van der Waals surface area contributed by atoms with Crippen LogP contribution in [0, 0.1) is 18.8 Å². The lowest BCUT2D eigenvalue weighted by Gasteiger charge is -2.55. The summed E-state index contributed by atoms with van der Waals surface area (Å²) in [5.74, 6) is 1.31. The number of hydrogen-bond acceptors (Lipinski definition) is 3. The van der Waals surface area contributed by atoms with Gasteiger partial charge < -0.3 is 10.6 Å². The van der Waals surface area contributed by atoms with Gasteiger partial charge in [0.1, 0.15) is 5.78 Å². The van der Waals surface area contributed by atoms with Crippen LogP contribution in [0.3, 0.4) is 0 Å². The number of amides is 1. The predicted octanol–water partition coefficient (Wildman–Crippen LogP) is 3.60. The molecular weight excluding hydrogens is 336 g/mol. The molecule has 1 aromatic carbocycles. The van der Waals surface area contributed by atoms with Gasteiger partial charge in [0.2, 0.25) is 5.91 Å². The van der Waals surface area contributed by atoms with E-state index < -0.39 is 0 Å². The maximum atomic E-state index is 12.5. The summed E-state index contributed by atoms with van der Waals surface area (Å²) < 4.78 is 0. The van der Waals surface area contributed by atoms with Crippen molar-refractivity contribution >= 4 is 11.7 Å². The lowest BCUT2D eigenvalue weighted by atomic mass is 9.55. The molecule has 2 saturated carbocycles. The van der Waals surface area contributed by atoms with E-state index in [4.69, 9.17) is 5.73 Å². The molecule has 2 N–H and O–H groups in total. The van der Waals surface area contributed by atoms with Crippen molar-refractivity contribution in [3.63, 3.8) is 0 Å². The third-order valence-corrected chi connectivity index (χ3v) is 7.74. The number of carbonyl (C=O) groups is 2. The highest BCUT2D eigenvalue weighted by Gasteiger charge is 2.51. The number of nitrogens with zero attached hydrogens (tertiary/aromatic N) is 1. The molecule has 3 fully saturated rings. The second kappa shape index (κ2) is 7.05. The molecule has 0 spiro atoms. The Labute approximate surface area is 162 Å². The molecule has 0 aromatic heterocycles. The molecule has 3 atom stereocenters. The first-order valence-corrected chi connectivity index (χ1v) is 10.6. The van der Waals surface area contributed by atoms with Gasteiger partial charge in [-0.25, -0.2) is 0 Å². The Kier molecular flexibility index (Phi) is 4.87. The molecule has 2 aliphatic carbocycles. The van der Waals surface area contributed by atoms with Gasteiger partial charge in [-0.1, -0.05) is 12.5 Å². The average molecular weight is 369 g/mol. The van der Waals surface area contributed by atoms with Crippen LogP contribution in [0.4, 0.5) is 0 Å². The van der Waals surface area contributed by atoms with Crippen molar-refractivity contribution in [3.8, 4) is 0 Å². The fourth-order valence-corrected chi connectivity index (χ4v) is 5.95. The molecule has 4 heteroatoms. The number of likely N-dealkylation sites (tertiary alicyclic amines) is 1. The van der Waals surface area contributed by atoms with Gasteiger partial charge in [0.15, 0.2) is 0 Å². The van der Waals surface area contributed by atoms with E-state index >= 15 is 0 Å². The van der Waals surface area contributed by atoms with Crippen LogP contribution >= 0.6 is 0 Å². The topological polar surface area (TPSA) is 63.4 Å². The maximum absolute atomic E-state index is 12.5. The molecule has 0 bridgehead atoms. The van der Waals surface area contributed by atoms with E-state index in [-0.39, 0.29) is 11.3 Å². The van der Waals surface area contributed by atoms with Gasteiger partial charge in [-0.15, -0.1) is 0 Å². The molecule has 0 unspecified atom stereocenters. The van der Waals surface area contributed by atoms with Crippen LogP contribution in [-0.2, 0) is 10.2 Å². The summed E-state index contributed by atoms with van der Waals surface area (Å²) in [5.41, 5.74) is 8.36. The molecule has 4 nitrogen and oxygen atoms in total. The van der Waals surface area contributed by atoms with Gasteiger partial charge in [-0.3, -0.25) is 9.59 Å². The van der Waals surface area contributed by atoms with Crippen LogP contribution in [0.1, 0.15) is 73.4 Å². The van der Waals surface area contributed by atoms with Gasteiger partial charge >= 0.3 is 0 Å². The molecule has 3 aliphatic rings. The van der Waals surface area contributed by atoms with E-state index in [1.165, 1.54) is 36.9 Å². The van der Waals surface area contributed by atoms with E-state index in [1.807, 2.05) is 18.2 Å². The van der Waals surface area contributed by atoms with E-state index in [0.29, 0.717) is 36.1 Å². The number of Topliss-reactive ketones (excluding diaryl/α,β-unsaturated/α-hetero) is 1. The largest absolute Gasteiger partial charge is 0.366 e. The summed E-state index contributed by atoms with van der Waals surface area (Å²) in [7, 11) is 0. The van der Waals surface area contributed by atoms with Crippen molar-refractivity contribution in [2.45, 2.75) is 70.3 Å². The molecule has 1 heterocycles. The Bertz CT molecular complexity index is 755. The third-order valence-electron chi connectivity index (χ3n) is 7.74. The number of fused-ring (bicyclic) bond motifs is 1. The second-order valence-corrected chi connectivity index (χ2v) is 9.19. The Hall–Kier alpha value is -1.68. The highest BCUT2D eigenvalue weighted by atomic mass is 16.1. The number of aryl methyl sites for hydroxylation is 1. The van der Waals surface area contributed by atoms with Crippen LogP contribution in [-0.4, -0.2) is 35.7 Å². The Morgan fingerprint density at radius 3 is 2.74 bits per heavy atom. The predicted molar refractivity (Wildman–Crippen MR) is 107 cm³/mol. The van der Waals surface area contributed by atoms with E-state index in [0.717, 1.165) is 25.3 Å². The molecule has 1 amide bonds. The number of piperidine rings is 1. The Balaban J connectivity index is 1.70. The maximum Gasteiger partial charge on any atom is 0.248 e. The van der Waals surface area contributed by atoms with Crippen molar-refractivity contribution in [1.82, 2.24) is 4.90 Å². The Morgan fingerprint density at radius 2 is 2.07 bits per heavy atom. The minimum absolute atomic E-state index is 0.138. The number of hydrogen-bond donors (Lipinski definition) is 1. The number of carbonyl (C=O) groups excluding carboxylic acids is 2. The summed E-state index contributed by atoms with van der Waals surface area (Å²) in [6.07, 6.45) is 7.40. The average Bonchev–Trinajstić information content (AvgIpc) is 2.59. The van der Waals surface area contributed by atoms with E-state index in [1.54, 1.807) is 0 Å². The fraction of sp³-hybridized carbons (Fsp3) is 0.652. The monoisotopic (exact) mass is 368 g/mol. The molecule has 27 heavy (non-hydrogen) atoms. The normalized spacial score (nSPS) is 32.0. The number of rotatable bonds is 4. The van der Waals surface area contributed by atoms with Gasteiger partial charge in [-0.05, 0) is 81.2 Å². The standard InChI is InChI=1S/C23H32N2O2/c1-15-6-7-18(22(24)27)12-21(15)23-10-11-25(14-17-4-3-5-17)16(2)20(23)9-8-19(26)13-23/h6-7,12,16-17,20H,3-5,8-11,13-14H2,1-2H3,(H2,24,27)/t16-,20+,23+/m1/s1. The quantitative estimate of drug-likeness (QED) is 0.883. The zero-order valence-corrected chi connectivity index (χ0v) is 16.7. The summed E-state index contributed by atoms with van der Waals surface area (Å²) in [5, 5.41) is 0. The lowest BCUT2D eigenvalue weighted by molar-refractivity contribution is -0.126. The minimum atomic E-state index is -0.387. The number of benzene rings is 1. The number of nitrogens with two attached hydrogens (primary N) is 1. The first-order valence-electron chi connectivity index (χ1n) is 10.6. The van der Waals surface area contributed by atoms with Crippen molar-refractivity contribution in [1.29, 1.82) is 0 Å². The van der Waals surface area contributed by atoms with Gasteiger partial charge in [-0.2, -0.15) is 0 Å². The van der Waals surface area contributed by atoms with Crippen molar-refractivity contribution in [2.75, 3.05) is 13.1 Å². The van der Waals surface area contributed by atoms with Crippen molar-refractivity contribution in [3.05, 3.63) is 34.9 Å². The summed E-state index contributed by atoms with van der Waals surface area (Å²) in [6.45, 7) is 6.72. The fourth-order valence-electron chi connectivity index (χ4n) is 5.95. The van der Waals surface area contributed by atoms with Crippen LogP contribution < -0.4 is 5.73 Å². The molecule has 0 radical (unpaired) electrons. The zero-order valence-electron chi connectivity index (χ0n) is 16.7. The second-order valence-electron chi connectivity index (χ2n) is 9.19. The van der Waals surface area contributed by atoms with E-state index in [2.05, 4.69) is 18.7 Å². The molecule has 1 aromatic rings. The van der Waals surface area contributed by atoms with Gasteiger partial charge in [0.05, 0.1) is 0 Å². The summed E-state index contributed by atoms with van der Waals surface area (Å²) in [6, 6.07) is 6.28. The molecule has 146 valence electrons. The highest BCUT2D eigenvalue weighted by Crippen LogP contribution is 2.51. The first kappa shape index (κ1) is 18.7. The van der Waals surface area contributed by atoms with Crippen molar-refractivity contribution in [2.24, 2.45) is 17.6 Å². The summed E-state index contributed by atoms with van der Waals surface area (Å²) in [4.78, 5) is 27.0. The van der Waals surface area contributed by atoms with Gasteiger partial charge in [0, 0.05) is 36.4 Å². The Morgan fingerprint density at radius 1 is 1.30 bits per heavy atom. The van der Waals surface area contributed by atoms with Gasteiger partial charge in [0.25, 0.3) is 0 Å². The van der Waals surface area contributed by atoms with Crippen molar-refractivity contribution < 1.29 is 9.59 Å². The number of primary amides is 1.